The van der Waals surface area contributed by atoms with Gasteiger partial charge < -0.3 is 25.2 Å². The van der Waals surface area contributed by atoms with E-state index in [1.54, 1.807) is 0 Å². The van der Waals surface area contributed by atoms with Crippen LogP contribution in [0.25, 0.3) is 0 Å². The molecule has 2 fully saturated rings. The number of amides is 2. The number of aryl methyl sites for hydroxylation is 1. The van der Waals surface area contributed by atoms with Gasteiger partial charge in [-0.1, -0.05) is 13.8 Å². The summed E-state index contributed by atoms with van der Waals surface area (Å²) in [5.41, 5.74) is 0.715. The van der Waals surface area contributed by atoms with Crippen LogP contribution in [0.5, 0.6) is 0 Å². The third kappa shape index (κ3) is 3.41. The summed E-state index contributed by atoms with van der Waals surface area (Å²) in [6.45, 7) is 9.66. The molecule has 0 aliphatic carbocycles. The van der Waals surface area contributed by atoms with E-state index in [1.807, 2.05) is 44.5 Å². The fourth-order valence-corrected chi connectivity index (χ4v) is 4.48. The average molecular weight is 402 g/mol. The second-order valence-corrected chi connectivity index (χ2v) is 8.85. The van der Waals surface area contributed by atoms with Crippen molar-refractivity contribution in [1.82, 2.24) is 14.9 Å². The first-order valence-electron chi connectivity index (χ1n) is 10.3. The molecule has 9 heteroatoms. The van der Waals surface area contributed by atoms with Crippen LogP contribution < -0.4 is 15.5 Å². The number of carbonyl (C=O) groups excluding carboxylic acids is 2. The third-order valence-corrected chi connectivity index (χ3v) is 6.14. The average Bonchev–Trinajstić information content (AvgIpc) is 3.06. The van der Waals surface area contributed by atoms with E-state index in [9.17, 15) is 9.59 Å². The minimum atomic E-state index is -0.670. The zero-order valence-electron chi connectivity index (χ0n) is 17.8. The number of aromatic nitrogens is 2. The number of fused-ring (bicyclic) bond motifs is 1. The predicted molar refractivity (Wildman–Crippen MR) is 110 cm³/mol. The number of carbonyl (C=O) groups is 2. The molecule has 0 saturated carbocycles. The summed E-state index contributed by atoms with van der Waals surface area (Å²) < 4.78 is 5.66. The van der Waals surface area contributed by atoms with Gasteiger partial charge in [-0.25, -0.2) is 4.98 Å². The van der Waals surface area contributed by atoms with Crippen molar-refractivity contribution in [2.24, 2.45) is 5.92 Å². The van der Waals surface area contributed by atoms with Gasteiger partial charge in [0, 0.05) is 26.7 Å². The number of ether oxygens (including phenoxy) is 1. The molecule has 2 atom stereocenters. The number of rotatable bonds is 4. The Morgan fingerprint density at radius 3 is 2.69 bits per heavy atom. The number of nitrogens with one attached hydrogen (secondary N) is 2. The number of likely N-dealkylation sites (N-methyl/N-ethyl adjacent to an activating group) is 1. The molecule has 1 aromatic heterocycles. The van der Waals surface area contributed by atoms with E-state index in [0.29, 0.717) is 31.3 Å². The van der Waals surface area contributed by atoms with Crippen LogP contribution in [0, 0.1) is 12.8 Å². The zero-order valence-corrected chi connectivity index (χ0v) is 17.8. The maximum Gasteiger partial charge on any atom is 0.254 e. The molecule has 3 aliphatic rings. The molecule has 0 spiro atoms. The molecular formula is C20H30N6O3. The van der Waals surface area contributed by atoms with E-state index in [4.69, 9.17) is 4.74 Å². The van der Waals surface area contributed by atoms with Gasteiger partial charge in [0.15, 0.2) is 5.82 Å². The molecule has 4 rings (SSSR count). The van der Waals surface area contributed by atoms with Crippen LogP contribution in [0.4, 0.5) is 17.5 Å². The standard InChI is InChI=1S/C20H30N6O3/c1-11(2)15-17(27)23-14-12(3)21-19(24-16(14)25(15)5)22-13-9-26(10-13)18(28)20(4)7-6-8-29-20/h11,13,15H,6-10H2,1-5H3,(H,23,27)(H,21,22,24)/t15-,20?/m0/s1. The van der Waals surface area contributed by atoms with E-state index in [2.05, 4.69) is 20.6 Å². The van der Waals surface area contributed by atoms with E-state index < -0.39 is 5.60 Å². The highest BCUT2D eigenvalue weighted by Crippen LogP contribution is 2.34. The fraction of sp³-hybridized carbons (Fsp3) is 0.700. The molecule has 0 aromatic carbocycles. The van der Waals surface area contributed by atoms with Crippen LogP contribution >= 0.6 is 0 Å². The molecule has 1 aromatic rings. The second-order valence-electron chi connectivity index (χ2n) is 8.85. The molecule has 3 aliphatic heterocycles. The minimum absolute atomic E-state index is 0.0295. The highest BCUT2D eigenvalue weighted by molar-refractivity contribution is 6.03. The lowest BCUT2D eigenvalue weighted by Gasteiger charge is -2.43. The van der Waals surface area contributed by atoms with Gasteiger partial charge in [-0.3, -0.25) is 9.59 Å². The van der Waals surface area contributed by atoms with Crippen LogP contribution in [0.1, 0.15) is 39.3 Å². The van der Waals surface area contributed by atoms with Crippen molar-refractivity contribution in [1.29, 1.82) is 0 Å². The highest BCUT2D eigenvalue weighted by Gasteiger charge is 2.44. The van der Waals surface area contributed by atoms with Gasteiger partial charge in [0.05, 0.1) is 11.7 Å². The van der Waals surface area contributed by atoms with E-state index in [1.165, 1.54) is 0 Å². The smallest absolute Gasteiger partial charge is 0.254 e. The number of hydrogen-bond donors (Lipinski definition) is 2. The van der Waals surface area contributed by atoms with E-state index in [-0.39, 0.29) is 29.8 Å². The van der Waals surface area contributed by atoms with Crippen LogP contribution in [-0.4, -0.2) is 71.1 Å². The molecule has 1 unspecified atom stereocenters. The highest BCUT2D eigenvalue weighted by atomic mass is 16.5. The molecule has 4 heterocycles. The normalized spacial score (nSPS) is 27.0. The fourth-order valence-electron chi connectivity index (χ4n) is 4.48. The Bertz CT molecular complexity index is 830. The lowest BCUT2D eigenvalue weighted by Crippen LogP contribution is -2.61. The van der Waals surface area contributed by atoms with Crippen LogP contribution in [0.3, 0.4) is 0 Å². The van der Waals surface area contributed by atoms with Gasteiger partial charge in [-0.05, 0) is 32.6 Å². The van der Waals surface area contributed by atoms with Crippen LogP contribution in [-0.2, 0) is 14.3 Å². The topological polar surface area (TPSA) is 99.7 Å². The summed E-state index contributed by atoms with van der Waals surface area (Å²) in [4.78, 5) is 38.0. The lowest BCUT2D eigenvalue weighted by atomic mass is 9.97. The molecule has 158 valence electrons. The van der Waals surface area contributed by atoms with Gasteiger partial charge in [0.25, 0.3) is 5.91 Å². The van der Waals surface area contributed by atoms with E-state index >= 15 is 0 Å². The number of nitrogens with zero attached hydrogens (tertiary/aromatic N) is 4. The Hall–Kier alpha value is -2.42. The van der Waals surface area contributed by atoms with Gasteiger partial charge >= 0.3 is 0 Å². The summed E-state index contributed by atoms with van der Waals surface area (Å²) in [6.07, 6.45) is 1.71. The van der Waals surface area contributed by atoms with Gasteiger partial charge in [-0.2, -0.15) is 4.98 Å². The Labute approximate surface area is 171 Å². The number of anilines is 3. The van der Waals surface area contributed by atoms with Crippen LogP contribution in [0.15, 0.2) is 0 Å². The lowest BCUT2D eigenvalue weighted by molar-refractivity contribution is -0.155. The zero-order chi connectivity index (χ0) is 20.9. The monoisotopic (exact) mass is 402 g/mol. The molecule has 0 radical (unpaired) electrons. The Balaban J connectivity index is 1.44. The van der Waals surface area contributed by atoms with Gasteiger partial charge in [0.2, 0.25) is 11.9 Å². The largest absolute Gasteiger partial charge is 0.365 e. The SMILES string of the molecule is Cc1nc(NC2CN(C(=O)C3(C)CCCO3)C2)nc2c1NC(=O)[C@H](C(C)C)N2C. The molecular weight excluding hydrogens is 372 g/mol. The maximum absolute atomic E-state index is 12.7. The molecule has 2 N–H and O–H groups in total. The van der Waals surface area contributed by atoms with E-state index in [0.717, 1.165) is 24.4 Å². The summed E-state index contributed by atoms with van der Waals surface area (Å²) in [7, 11) is 1.89. The van der Waals surface area contributed by atoms with Crippen molar-refractivity contribution in [3.05, 3.63) is 5.69 Å². The third-order valence-electron chi connectivity index (χ3n) is 6.14. The molecule has 29 heavy (non-hydrogen) atoms. The van der Waals surface area contributed by atoms with Gasteiger partial charge in [-0.15, -0.1) is 0 Å². The van der Waals surface area contributed by atoms with Gasteiger partial charge in [0.1, 0.15) is 17.3 Å². The first kappa shape index (κ1) is 19.9. The van der Waals surface area contributed by atoms with Crippen molar-refractivity contribution in [2.75, 3.05) is 42.3 Å². The van der Waals surface area contributed by atoms with Crippen molar-refractivity contribution in [2.45, 2.75) is 58.2 Å². The summed E-state index contributed by atoms with van der Waals surface area (Å²) in [6, 6.07) is -0.167. The Morgan fingerprint density at radius 2 is 2.07 bits per heavy atom. The first-order chi connectivity index (χ1) is 13.7. The summed E-state index contributed by atoms with van der Waals surface area (Å²) in [5.74, 6) is 1.44. The van der Waals surface area contributed by atoms with Crippen molar-refractivity contribution >= 4 is 29.3 Å². The molecule has 2 amide bonds. The van der Waals surface area contributed by atoms with Crippen molar-refractivity contribution < 1.29 is 14.3 Å². The van der Waals surface area contributed by atoms with Crippen LogP contribution in [0.2, 0.25) is 0 Å². The summed E-state index contributed by atoms with van der Waals surface area (Å²) in [5, 5.41) is 6.29. The molecule has 9 nitrogen and oxygen atoms in total. The molecule has 0 bridgehead atoms. The number of likely N-dealkylation sites (tertiary alicyclic amines) is 1. The van der Waals surface area contributed by atoms with Crippen molar-refractivity contribution in [3.8, 4) is 0 Å². The maximum atomic E-state index is 12.7. The first-order valence-corrected chi connectivity index (χ1v) is 10.3. The predicted octanol–water partition coefficient (Wildman–Crippen LogP) is 1.39. The number of hydrogen-bond acceptors (Lipinski definition) is 7. The molecule has 2 saturated heterocycles. The second kappa shape index (κ2) is 7.12. The quantitative estimate of drug-likeness (QED) is 0.785. The van der Waals surface area contributed by atoms with Crippen molar-refractivity contribution in [3.63, 3.8) is 0 Å². The Morgan fingerprint density at radius 1 is 1.34 bits per heavy atom. The summed E-state index contributed by atoms with van der Waals surface area (Å²) >= 11 is 0. The Kier molecular flexibility index (Phi) is 4.88. The minimum Gasteiger partial charge on any atom is -0.365 e.